The number of benzene rings is 2. The van der Waals surface area contributed by atoms with Gasteiger partial charge in [0.05, 0.1) is 5.56 Å². The zero-order chi connectivity index (χ0) is 20.4. The molecule has 0 bridgehead atoms. The van der Waals surface area contributed by atoms with E-state index in [4.69, 9.17) is 16.1 Å². The number of hydrogen-bond donors (Lipinski definition) is 1. The Hall–Kier alpha value is -2.52. The predicted molar refractivity (Wildman–Crippen MR) is 113 cm³/mol. The van der Waals surface area contributed by atoms with Crippen LogP contribution in [-0.4, -0.2) is 18.6 Å². The second-order valence-corrected chi connectivity index (χ2v) is 9.74. The second kappa shape index (κ2) is 8.08. The Morgan fingerprint density at radius 2 is 1.79 bits per heavy atom. The summed E-state index contributed by atoms with van der Waals surface area (Å²) < 4.78 is 33.3. The quantitative estimate of drug-likeness (QED) is 0.456. The predicted octanol–water partition coefficient (Wildman–Crippen LogP) is 4.91. The van der Waals surface area contributed by atoms with Gasteiger partial charge in [0.2, 0.25) is 15.8 Å². The molecule has 0 aliphatic rings. The summed E-state index contributed by atoms with van der Waals surface area (Å²) in [4.78, 5) is 4.35. The van der Waals surface area contributed by atoms with Crippen LogP contribution in [0.2, 0.25) is 5.02 Å². The molecule has 0 aliphatic carbocycles. The van der Waals surface area contributed by atoms with Crippen LogP contribution in [0.25, 0.3) is 22.8 Å². The average Bonchev–Trinajstić information content (AvgIpc) is 3.38. The summed E-state index contributed by atoms with van der Waals surface area (Å²) >= 11 is 6.99. The van der Waals surface area contributed by atoms with Crippen molar-refractivity contribution in [3.63, 3.8) is 0 Å². The minimum Gasteiger partial charge on any atom is -0.334 e. The summed E-state index contributed by atoms with van der Waals surface area (Å²) in [7, 11) is -3.64. The zero-order valence-electron chi connectivity index (χ0n) is 15.3. The van der Waals surface area contributed by atoms with E-state index in [9.17, 15) is 8.42 Å². The molecule has 6 nitrogen and oxygen atoms in total. The number of nitrogens with zero attached hydrogens (tertiary/aromatic N) is 2. The Morgan fingerprint density at radius 1 is 1.07 bits per heavy atom. The van der Waals surface area contributed by atoms with Crippen molar-refractivity contribution < 1.29 is 12.9 Å². The van der Waals surface area contributed by atoms with Gasteiger partial charge in [0.1, 0.15) is 4.21 Å². The molecular weight excluding hydrogens is 430 g/mol. The molecule has 0 atom stereocenters. The normalized spacial score (nSPS) is 11.7. The van der Waals surface area contributed by atoms with E-state index in [0.717, 1.165) is 28.0 Å². The molecule has 2 heterocycles. The standard InChI is InChI=1S/C20H16ClN3O3S2/c1-13-2-4-14(5-3-13)11-22-29(25,26)18-10-16(12-28-18)20-23-19(24-27-20)15-6-8-17(21)9-7-15/h2-10,12,22H,11H2,1H3. The van der Waals surface area contributed by atoms with E-state index >= 15 is 0 Å². The van der Waals surface area contributed by atoms with Crippen LogP contribution in [0.5, 0.6) is 0 Å². The highest BCUT2D eigenvalue weighted by atomic mass is 35.5. The lowest BCUT2D eigenvalue weighted by Crippen LogP contribution is -2.22. The molecule has 0 spiro atoms. The lowest BCUT2D eigenvalue weighted by Gasteiger charge is -2.05. The minimum atomic E-state index is -3.64. The van der Waals surface area contributed by atoms with E-state index in [-0.39, 0.29) is 16.6 Å². The largest absolute Gasteiger partial charge is 0.334 e. The van der Waals surface area contributed by atoms with Crippen LogP contribution in [0, 0.1) is 6.92 Å². The molecule has 4 rings (SSSR count). The first-order chi connectivity index (χ1) is 13.9. The molecule has 29 heavy (non-hydrogen) atoms. The third-order valence-electron chi connectivity index (χ3n) is 4.20. The van der Waals surface area contributed by atoms with Crippen LogP contribution in [0.4, 0.5) is 0 Å². The number of hydrogen-bond acceptors (Lipinski definition) is 6. The molecule has 0 amide bonds. The second-order valence-electron chi connectivity index (χ2n) is 6.39. The molecular formula is C20H16ClN3O3S2. The first-order valence-electron chi connectivity index (χ1n) is 8.64. The Kier molecular flexibility index (Phi) is 5.51. The van der Waals surface area contributed by atoms with Gasteiger partial charge in [0.15, 0.2) is 0 Å². The topological polar surface area (TPSA) is 85.1 Å². The van der Waals surface area contributed by atoms with Crippen molar-refractivity contribution in [3.8, 4) is 22.8 Å². The number of aromatic nitrogens is 2. The molecule has 2 aromatic heterocycles. The number of thiophene rings is 1. The lowest BCUT2D eigenvalue weighted by molar-refractivity contribution is 0.432. The Balaban J connectivity index is 1.50. The fourth-order valence-corrected chi connectivity index (χ4v) is 4.92. The van der Waals surface area contributed by atoms with Gasteiger partial charge in [-0.1, -0.05) is 46.6 Å². The lowest BCUT2D eigenvalue weighted by atomic mass is 10.2. The van der Waals surface area contributed by atoms with Gasteiger partial charge in [0, 0.05) is 22.5 Å². The van der Waals surface area contributed by atoms with Gasteiger partial charge >= 0.3 is 0 Å². The SMILES string of the molecule is Cc1ccc(CNS(=O)(=O)c2cc(-c3nc(-c4ccc(Cl)cc4)no3)cs2)cc1. The van der Waals surface area contributed by atoms with Gasteiger partial charge in [-0.2, -0.15) is 4.98 Å². The molecule has 0 radical (unpaired) electrons. The Labute approximate surface area is 177 Å². The maximum atomic E-state index is 12.6. The van der Waals surface area contributed by atoms with Crippen molar-refractivity contribution in [3.05, 3.63) is 76.1 Å². The number of rotatable bonds is 6. The molecule has 2 aromatic carbocycles. The van der Waals surface area contributed by atoms with Crippen molar-refractivity contribution in [2.24, 2.45) is 0 Å². The number of aryl methyl sites for hydroxylation is 1. The third-order valence-corrected chi connectivity index (χ3v) is 7.30. The van der Waals surface area contributed by atoms with Gasteiger partial charge in [0.25, 0.3) is 5.89 Å². The van der Waals surface area contributed by atoms with Crippen LogP contribution in [0.15, 0.2) is 68.7 Å². The van der Waals surface area contributed by atoms with E-state index < -0.39 is 10.0 Å². The molecule has 0 saturated heterocycles. The van der Waals surface area contributed by atoms with Crippen LogP contribution in [-0.2, 0) is 16.6 Å². The summed E-state index contributed by atoms with van der Waals surface area (Å²) in [5.74, 6) is 0.663. The van der Waals surface area contributed by atoms with Gasteiger partial charge in [-0.25, -0.2) is 13.1 Å². The number of sulfonamides is 1. The summed E-state index contributed by atoms with van der Waals surface area (Å²) in [5, 5.41) is 6.25. The summed E-state index contributed by atoms with van der Waals surface area (Å²) in [6.45, 7) is 2.20. The van der Waals surface area contributed by atoms with Crippen LogP contribution in [0.1, 0.15) is 11.1 Å². The number of nitrogens with one attached hydrogen (secondary N) is 1. The fraction of sp³-hybridized carbons (Fsp3) is 0.100. The molecule has 0 fully saturated rings. The fourth-order valence-electron chi connectivity index (χ4n) is 2.58. The van der Waals surface area contributed by atoms with E-state index in [1.54, 1.807) is 29.6 Å². The van der Waals surface area contributed by atoms with Crippen LogP contribution >= 0.6 is 22.9 Å². The van der Waals surface area contributed by atoms with E-state index in [1.807, 2.05) is 31.2 Å². The molecule has 4 aromatic rings. The third kappa shape index (κ3) is 4.56. The summed E-state index contributed by atoms with van der Waals surface area (Å²) in [5.41, 5.74) is 3.32. The highest BCUT2D eigenvalue weighted by molar-refractivity contribution is 7.91. The molecule has 148 valence electrons. The average molecular weight is 446 g/mol. The maximum Gasteiger partial charge on any atom is 0.259 e. The monoisotopic (exact) mass is 445 g/mol. The van der Waals surface area contributed by atoms with E-state index in [1.165, 1.54) is 6.07 Å². The minimum absolute atomic E-state index is 0.186. The van der Waals surface area contributed by atoms with Crippen molar-refractivity contribution in [2.45, 2.75) is 17.7 Å². The zero-order valence-corrected chi connectivity index (χ0v) is 17.7. The van der Waals surface area contributed by atoms with E-state index in [0.29, 0.717) is 16.4 Å². The molecule has 1 N–H and O–H groups in total. The highest BCUT2D eigenvalue weighted by Crippen LogP contribution is 2.29. The first kappa shape index (κ1) is 19.8. The summed E-state index contributed by atoms with van der Waals surface area (Å²) in [6, 6.07) is 16.3. The van der Waals surface area contributed by atoms with Crippen molar-refractivity contribution >= 4 is 33.0 Å². The Morgan fingerprint density at radius 3 is 2.52 bits per heavy atom. The van der Waals surface area contributed by atoms with Gasteiger partial charge < -0.3 is 4.52 Å². The number of halogens is 1. The maximum absolute atomic E-state index is 12.6. The molecule has 0 saturated carbocycles. The molecule has 9 heteroatoms. The highest BCUT2D eigenvalue weighted by Gasteiger charge is 2.19. The summed E-state index contributed by atoms with van der Waals surface area (Å²) in [6.07, 6.45) is 0. The Bertz CT molecular complexity index is 1230. The van der Waals surface area contributed by atoms with Crippen LogP contribution in [0.3, 0.4) is 0 Å². The smallest absolute Gasteiger partial charge is 0.259 e. The first-order valence-corrected chi connectivity index (χ1v) is 11.4. The van der Waals surface area contributed by atoms with Gasteiger partial charge in [-0.3, -0.25) is 0 Å². The molecule has 0 aliphatic heterocycles. The van der Waals surface area contributed by atoms with Crippen molar-refractivity contribution in [1.29, 1.82) is 0 Å². The van der Waals surface area contributed by atoms with Gasteiger partial charge in [-0.05, 0) is 42.8 Å². The van der Waals surface area contributed by atoms with Gasteiger partial charge in [-0.15, -0.1) is 11.3 Å². The van der Waals surface area contributed by atoms with E-state index in [2.05, 4.69) is 14.9 Å². The molecule has 0 unspecified atom stereocenters. The van der Waals surface area contributed by atoms with Crippen molar-refractivity contribution in [2.75, 3.05) is 0 Å². The van der Waals surface area contributed by atoms with Crippen molar-refractivity contribution in [1.82, 2.24) is 14.9 Å². The van der Waals surface area contributed by atoms with Crippen LogP contribution < -0.4 is 4.72 Å².